The largest absolute Gasteiger partial charge is 0.454 e. The lowest BCUT2D eigenvalue weighted by atomic mass is 10.1. The molecule has 1 saturated heterocycles. The number of nitrogen functional groups attached to an aromatic ring is 1. The Morgan fingerprint density at radius 1 is 1.33 bits per heavy atom. The number of piperazine rings is 1. The molecule has 0 aromatic heterocycles. The fraction of sp³-hybridized carbons (Fsp3) is 0.533. The number of hydrogen-bond donors (Lipinski definition) is 1. The number of carbonyl (C=O) groups excluding carboxylic acids is 1. The van der Waals surface area contributed by atoms with Crippen molar-refractivity contribution < 1.29 is 14.3 Å². The van der Waals surface area contributed by atoms with E-state index in [0.717, 1.165) is 26.1 Å². The summed E-state index contributed by atoms with van der Waals surface area (Å²) in [5.41, 5.74) is 6.94. The number of hydrogen-bond acceptors (Lipinski definition) is 5. The molecule has 2 heterocycles. The van der Waals surface area contributed by atoms with E-state index in [1.54, 1.807) is 12.1 Å². The predicted octanol–water partition coefficient (Wildman–Crippen LogP) is 1.16. The van der Waals surface area contributed by atoms with Gasteiger partial charge in [0.1, 0.15) is 0 Å². The van der Waals surface area contributed by atoms with Crippen molar-refractivity contribution in [2.75, 3.05) is 39.2 Å². The van der Waals surface area contributed by atoms with Crippen molar-refractivity contribution in [2.45, 2.75) is 19.4 Å². The zero-order valence-corrected chi connectivity index (χ0v) is 12.5. The molecule has 2 N–H and O–H groups in total. The van der Waals surface area contributed by atoms with E-state index in [1.807, 2.05) is 4.90 Å². The first-order valence-corrected chi connectivity index (χ1v) is 7.28. The van der Waals surface area contributed by atoms with Gasteiger partial charge >= 0.3 is 0 Å². The topological polar surface area (TPSA) is 68.0 Å². The van der Waals surface area contributed by atoms with E-state index >= 15 is 0 Å². The molecule has 0 bridgehead atoms. The van der Waals surface area contributed by atoms with Gasteiger partial charge in [0.05, 0.1) is 5.56 Å². The van der Waals surface area contributed by atoms with E-state index in [-0.39, 0.29) is 12.7 Å². The molecule has 0 radical (unpaired) electrons. The Balaban J connectivity index is 1.82. The van der Waals surface area contributed by atoms with E-state index in [2.05, 4.69) is 18.9 Å². The fourth-order valence-electron chi connectivity index (χ4n) is 2.88. The first-order chi connectivity index (χ1) is 10.1. The number of fused-ring (bicyclic) bond motifs is 1. The third-order valence-electron chi connectivity index (χ3n) is 4.31. The lowest BCUT2D eigenvalue weighted by Gasteiger charge is -2.39. The molecule has 2 aliphatic rings. The van der Waals surface area contributed by atoms with E-state index < -0.39 is 0 Å². The molecule has 21 heavy (non-hydrogen) atoms. The summed E-state index contributed by atoms with van der Waals surface area (Å²) < 4.78 is 10.6. The van der Waals surface area contributed by atoms with Gasteiger partial charge < -0.3 is 20.1 Å². The molecule has 6 nitrogen and oxygen atoms in total. The van der Waals surface area contributed by atoms with Crippen LogP contribution in [0.5, 0.6) is 11.5 Å². The van der Waals surface area contributed by atoms with Gasteiger partial charge in [0, 0.05) is 37.4 Å². The Hall–Kier alpha value is -1.95. The zero-order valence-electron chi connectivity index (χ0n) is 12.5. The molecule has 0 saturated carbocycles. The summed E-state index contributed by atoms with van der Waals surface area (Å²) in [5.74, 6) is 1.17. The summed E-state index contributed by atoms with van der Waals surface area (Å²) in [5, 5.41) is 0. The molecule has 1 atom stereocenters. The van der Waals surface area contributed by atoms with E-state index in [0.29, 0.717) is 28.8 Å². The summed E-state index contributed by atoms with van der Waals surface area (Å²) in [4.78, 5) is 16.9. The summed E-state index contributed by atoms with van der Waals surface area (Å²) in [7, 11) is 2.10. The van der Waals surface area contributed by atoms with Gasteiger partial charge in [-0.1, -0.05) is 6.92 Å². The van der Waals surface area contributed by atoms with Crippen molar-refractivity contribution in [3.63, 3.8) is 0 Å². The minimum absolute atomic E-state index is 0.0302. The first-order valence-electron chi connectivity index (χ1n) is 7.28. The Kier molecular flexibility index (Phi) is 3.63. The minimum atomic E-state index is -0.0302. The molecule has 3 rings (SSSR count). The molecular weight excluding hydrogens is 270 g/mol. The van der Waals surface area contributed by atoms with Crippen LogP contribution in [0.15, 0.2) is 12.1 Å². The van der Waals surface area contributed by atoms with Gasteiger partial charge in [0.25, 0.3) is 5.91 Å². The second kappa shape index (κ2) is 5.44. The number of amides is 1. The van der Waals surface area contributed by atoms with Gasteiger partial charge in [-0.25, -0.2) is 0 Å². The van der Waals surface area contributed by atoms with Gasteiger partial charge in [-0.05, 0) is 19.5 Å². The Bertz CT molecular complexity index is 561. The van der Waals surface area contributed by atoms with Gasteiger partial charge in [0.15, 0.2) is 11.5 Å². The Morgan fingerprint density at radius 3 is 2.76 bits per heavy atom. The maximum atomic E-state index is 12.7. The highest BCUT2D eigenvalue weighted by Gasteiger charge is 2.29. The summed E-state index contributed by atoms with van der Waals surface area (Å²) >= 11 is 0. The molecular formula is C15H21N3O3. The molecule has 1 unspecified atom stereocenters. The third-order valence-corrected chi connectivity index (χ3v) is 4.31. The van der Waals surface area contributed by atoms with Crippen molar-refractivity contribution in [3.8, 4) is 11.5 Å². The lowest BCUT2D eigenvalue weighted by molar-refractivity contribution is 0.0542. The van der Waals surface area contributed by atoms with Crippen molar-refractivity contribution >= 4 is 11.6 Å². The second-order valence-corrected chi connectivity index (χ2v) is 5.59. The number of nitrogens with zero attached hydrogens (tertiary/aromatic N) is 2. The molecule has 2 aliphatic heterocycles. The number of rotatable bonds is 2. The average molecular weight is 291 g/mol. The van der Waals surface area contributed by atoms with E-state index in [4.69, 9.17) is 15.2 Å². The van der Waals surface area contributed by atoms with Gasteiger partial charge in [0.2, 0.25) is 6.79 Å². The summed E-state index contributed by atoms with van der Waals surface area (Å²) in [6.07, 6.45) is 1.02. The highest BCUT2D eigenvalue weighted by molar-refractivity contribution is 6.00. The fourth-order valence-corrected chi connectivity index (χ4v) is 2.88. The molecule has 1 aromatic rings. The Morgan fingerprint density at radius 2 is 2.05 bits per heavy atom. The highest BCUT2D eigenvalue weighted by atomic mass is 16.7. The SMILES string of the molecule is CCC1CN(C(=O)c2cc3c(cc2N)OCO3)CCN1C. The van der Waals surface area contributed by atoms with E-state index in [9.17, 15) is 4.79 Å². The number of nitrogens with two attached hydrogens (primary N) is 1. The monoisotopic (exact) mass is 291 g/mol. The first kappa shape index (κ1) is 14.0. The molecule has 0 spiro atoms. The van der Waals surface area contributed by atoms with Crippen LogP contribution in [-0.2, 0) is 0 Å². The van der Waals surface area contributed by atoms with Crippen LogP contribution < -0.4 is 15.2 Å². The lowest BCUT2D eigenvalue weighted by Crippen LogP contribution is -2.53. The second-order valence-electron chi connectivity index (χ2n) is 5.59. The molecule has 6 heteroatoms. The predicted molar refractivity (Wildman–Crippen MR) is 79.6 cm³/mol. The standard InChI is InChI=1S/C15H21N3O3/c1-3-10-8-18(5-4-17(10)2)15(19)11-6-13-14(7-12(11)16)21-9-20-13/h6-7,10H,3-5,8-9,16H2,1-2H3. The maximum absolute atomic E-state index is 12.7. The third kappa shape index (κ3) is 2.51. The van der Waals surface area contributed by atoms with Crippen LogP contribution >= 0.6 is 0 Å². The molecule has 0 aliphatic carbocycles. The Labute approximate surface area is 124 Å². The average Bonchev–Trinajstić information content (AvgIpc) is 2.93. The van der Waals surface area contributed by atoms with Crippen LogP contribution in [0.3, 0.4) is 0 Å². The van der Waals surface area contributed by atoms with E-state index in [1.165, 1.54) is 0 Å². The smallest absolute Gasteiger partial charge is 0.256 e. The van der Waals surface area contributed by atoms with Crippen molar-refractivity contribution in [3.05, 3.63) is 17.7 Å². The molecule has 114 valence electrons. The van der Waals surface area contributed by atoms with Gasteiger partial charge in [-0.3, -0.25) is 9.69 Å². The van der Waals surface area contributed by atoms with Crippen LogP contribution in [0.25, 0.3) is 0 Å². The molecule has 1 fully saturated rings. The zero-order chi connectivity index (χ0) is 15.0. The maximum Gasteiger partial charge on any atom is 0.256 e. The molecule has 1 amide bonds. The number of carbonyl (C=O) groups is 1. The normalized spacial score (nSPS) is 21.6. The highest BCUT2D eigenvalue weighted by Crippen LogP contribution is 2.36. The van der Waals surface area contributed by atoms with Gasteiger partial charge in [-0.15, -0.1) is 0 Å². The van der Waals surface area contributed by atoms with Crippen LogP contribution in [0, 0.1) is 0 Å². The number of ether oxygens (including phenoxy) is 2. The number of anilines is 1. The quantitative estimate of drug-likeness (QED) is 0.828. The summed E-state index contributed by atoms with van der Waals surface area (Å²) in [6, 6.07) is 3.76. The van der Waals surface area contributed by atoms with Gasteiger partial charge in [-0.2, -0.15) is 0 Å². The summed E-state index contributed by atoms with van der Waals surface area (Å²) in [6.45, 7) is 4.66. The number of benzene rings is 1. The van der Waals surface area contributed by atoms with Crippen molar-refractivity contribution in [1.82, 2.24) is 9.80 Å². The van der Waals surface area contributed by atoms with Crippen LogP contribution in [0.1, 0.15) is 23.7 Å². The van der Waals surface area contributed by atoms with Crippen molar-refractivity contribution in [2.24, 2.45) is 0 Å². The van der Waals surface area contributed by atoms with Crippen molar-refractivity contribution in [1.29, 1.82) is 0 Å². The molecule has 1 aromatic carbocycles. The van der Waals surface area contributed by atoms with Crippen LogP contribution in [-0.4, -0.2) is 55.2 Å². The van der Waals surface area contributed by atoms with Crippen LogP contribution in [0.2, 0.25) is 0 Å². The number of likely N-dealkylation sites (N-methyl/N-ethyl adjacent to an activating group) is 1. The minimum Gasteiger partial charge on any atom is -0.454 e. The van der Waals surface area contributed by atoms with Crippen LogP contribution in [0.4, 0.5) is 5.69 Å².